The third-order valence-corrected chi connectivity index (χ3v) is 2.00. The Labute approximate surface area is 63.2 Å². The van der Waals surface area contributed by atoms with Crippen molar-refractivity contribution in [3.05, 3.63) is 0 Å². The highest BCUT2D eigenvalue weighted by Crippen LogP contribution is 2.28. The summed E-state index contributed by atoms with van der Waals surface area (Å²) < 4.78 is 9.69. The van der Waals surface area contributed by atoms with E-state index in [9.17, 15) is 5.11 Å². The highest BCUT2D eigenvalue weighted by molar-refractivity contribution is 4.94. The van der Waals surface area contributed by atoms with Crippen LogP contribution in [0, 0.1) is 0 Å². The van der Waals surface area contributed by atoms with Crippen molar-refractivity contribution < 1.29 is 24.8 Å². The zero-order chi connectivity index (χ0) is 8.01. The fourth-order valence-corrected chi connectivity index (χ4v) is 1.24. The molecule has 0 saturated carbocycles. The van der Waals surface area contributed by atoms with Gasteiger partial charge in [0.05, 0.1) is 6.61 Å². The van der Waals surface area contributed by atoms with Gasteiger partial charge in [0.15, 0.2) is 6.29 Å². The van der Waals surface area contributed by atoms with Gasteiger partial charge in [-0.05, 0) is 0 Å². The molecule has 0 aromatic rings. The SMILES string of the molecule is OC1O[C@H]([C@@H]2CO2)[C@H](O)[C@H]1O. The van der Waals surface area contributed by atoms with Crippen LogP contribution in [0.4, 0.5) is 0 Å². The quantitative estimate of drug-likeness (QED) is 0.382. The number of rotatable bonds is 1. The van der Waals surface area contributed by atoms with Crippen molar-refractivity contribution in [3.63, 3.8) is 0 Å². The van der Waals surface area contributed by atoms with Gasteiger partial charge in [0.1, 0.15) is 24.4 Å². The summed E-state index contributed by atoms with van der Waals surface area (Å²) in [6, 6.07) is 0. The molecule has 0 amide bonds. The van der Waals surface area contributed by atoms with E-state index in [1.165, 1.54) is 0 Å². The minimum absolute atomic E-state index is 0.156. The van der Waals surface area contributed by atoms with Crippen molar-refractivity contribution >= 4 is 0 Å². The molecule has 2 fully saturated rings. The van der Waals surface area contributed by atoms with Gasteiger partial charge >= 0.3 is 0 Å². The highest BCUT2D eigenvalue weighted by Gasteiger charge is 2.49. The maximum Gasteiger partial charge on any atom is 0.184 e. The second kappa shape index (κ2) is 2.40. The van der Waals surface area contributed by atoms with Crippen LogP contribution in [-0.4, -0.2) is 52.6 Å². The number of aliphatic hydroxyl groups excluding tert-OH is 3. The third-order valence-electron chi connectivity index (χ3n) is 2.00. The lowest BCUT2D eigenvalue weighted by Gasteiger charge is -2.10. The minimum atomic E-state index is -1.28. The van der Waals surface area contributed by atoms with Crippen molar-refractivity contribution in [3.8, 4) is 0 Å². The Balaban J connectivity index is 2.01. The lowest BCUT2D eigenvalue weighted by Crippen LogP contribution is -2.34. The second-order valence-electron chi connectivity index (χ2n) is 2.84. The van der Waals surface area contributed by atoms with Crippen molar-refractivity contribution in [1.82, 2.24) is 0 Å². The Hall–Kier alpha value is -0.200. The maximum absolute atomic E-state index is 9.22. The molecule has 2 rings (SSSR count). The Kier molecular flexibility index (Phi) is 1.62. The van der Waals surface area contributed by atoms with Gasteiger partial charge in [-0.1, -0.05) is 0 Å². The Morgan fingerprint density at radius 3 is 2.09 bits per heavy atom. The first-order valence-corrected chi connectivity index (χ1v) is 3.51. The summed E-state index contributed by atoms with van der Waals surface area (Å²) in [6.45, 7) is 0.529. The van der Waals surface area contributed by atoms with E-state index >= 15 is 0 Å². The number of aliphatic hydroxyl groups is 3. The first-order chi connectivity index (χ1) is 5.20. The van der Waals surface area contributed by atoms with E-state index in [4.69, 9.17) is 19.7 Å². The lowest BCUT2D eigenvalue weighted by atomic mass is 10.1. The fraction of sp³-hybridized carbons (Fsp3) is 1.00. The molecule has 2 aliphatic rings. The van der Waals surface area contributed by atoms with E-state index < -0.39 is 24.6 Å². The van der Waals surface area contributed by atoms with Gasteiger partial charge in [-0.15, -0.1) is 0 Å². The van der Waals surface area contributed by atoms with Gasteiger partial charge in [-0.2, -0.15) is 0 Å². The Morgan fingerprint density at radius 2 is 1.73 bits per heavy atom. The predicted octanol–water partition coefficient (Wildman–Crippen LogP) is -2.18. The van der Waals surface area contributed by atoms with Gasteiger partial charge in [0.25, 0.3) is 0 Å². The van der Waals surface area contributed by atoms with Crippen LogP contribution in [0.3, 0.4) is 0 Å². The molecule has 64 valence electrons. The third kappa shape index (κ3) is 1.15. The zero-order valence-electron chi connectivity index (χ0n) is 5.75. The van der Waals surface area contributed by atoms with Gasteiger partial charge in [0, 0.05) is 0 Å². The van der Waals surface area contributed by atoms with Crippen LogP contribution < -0.4 is 0 Å². The Bertz CT molecular complexity index is 157. The zero-order valence-corrected chi connectivity index (χ0v) is 5.75. The Morgan fingerprint density at radius 1 is 1.09 bits per heavy atom. The summed E-state index contributed by atoms with van der Waals surface area (Å²) in [4.78, 5) is 0. The molecule has 0 radical (unpaired) electrons. The molecule has 5 heteroatoms. The van der Waals surface area contributed by atoms with E-state index in [0.717, 1.165) is 0 Å². The number of hydrogen-bond donors (Lipinski definition) is 3. The van der Waals surface area contributed by atoms with E-state index in [2.05, 4.69) is 0 Å². The molecular weight excluding hydrogens is 152 g/mol. The smallest absolute Gasteiger partial charge is 0.184 e. The first kappa shape index (κ1) is 7.45. The molecule has 0 aromatic carbocycles. The summed E-state index contributed by atoms with van der Waals surface area (Å²) >= 11 is 0. The van der Waals surface area contributed by atoms with Crippen molar-refractivity contribution in [2.24, 2.45) is 0 Å². The maximum atomic E-state index is 9.22. The molecule has 0 aromatic heterocycles. The standard InChI is InChI=1S/C6H10O5/c7-3-4(8)6(9)11-5(3)2-1-10-2/h2-9H,1H2/t2-,3+,4+,5+,6?/m0/s1. The van der Waals surface area contributed by atoms with E-state index in [0.29, 0.717) is 6.61 Å². The van der Waals surface area contributed by atoms with Crippen LogP contribution in [0.5, 0.6) is 0 Å². The van der Waals surface area contributed by atoms with Crippen molar-refractivity contribution in [2.45, 2.75) is 30.7 Å². The molecule has 2 saturated heterocycles. The van der Waals surface area contributed by atoms with Gasteiger partial charge in [-0.25, -0.2) is 0 Å². The first-order valence-electron chi connectivity index (χ1n) is 3.51. The number of ether oxygens (including phenoxy) is 2. The van der Waals surface area contributed by atoms with Crippen LogP contribution in [0.2, 0.25) is 0 Å². The van der Waals surface area contributed by atoms with Gasteiger partial charge < -0.3 is 24.8 Å². The van der Waals surface area contributed by atoms with E-state index in [1.807, 2.05) is 0 Å². The average molecular weight is 162 g/mol. The largest absolute Gasteiger partial charge is 0.387 e. The van der Waals surface area contributed by atoms with Crippen molar-refractivity contribution in [2.75, 3.05) is 6.61 Å². The fourth-order valence-electron chi connectivity index (χ4n) is 1.24. The minimum Gasteiger partial charge on any atom is -0.387 e. The molecule has 0 spiro atoms. The molecule has 0 bridgehead atoms. The molecule has 0 aliphatic carbocycles. The highest BCUT2D eigenvalue weighted by atomic mass is 16.7. The molecular formula is C6H10O5. The average Bonchev–Trinajstić information content (AvgIpc) is 2.76. The summed E-state index contributed by atoms with van der Waals surface area (Å²) in [5.74, 6) is 0. The molecule has 11 heavy (non-hydrogen) atoms. The summed E-state index contributed by atoms with van der Waals surface area (Å²) in [7, 11) is 0. The molecule has 3 N–H and O–H groups in total. The van der Waals surface area contributed by atoms with Crippen LogP contribution in [-0.2, 0) is 9.47 Å². The lowest BCUT2D eigenvalue weighted by molar-refractivity contribution is -0.129. The van der Waals surface area contributed by atoms with Crippen LogP contribution in [0.1, 0.15) is 0 Å². The monoisotopic (exact) mass is 162 g/mol. The molecule has 2 heterocycles. The molecule has 5 atom stereocenters. The van der Waals surface area contributed by atoms with Gasteiger partial charge in [-0.3, -0.25) is 0 Å². The van der Waals surface area contributed by atoms with Crippen molar-refractivity contribution in [1.29, 1.82) is 0 Å². The van der Waals surface area contributed by atoms with Gasteiger partial charge in [0.2, 0.25) is 0 Å². The molecule has 2 aliphatic heterocycles. The van der Waals surface area contributed by atoms with Crippen LogP contribution in [0.25, 0.3) is 0 Å². The normalized spacial score (nSPS) is 56.5. The summed E-state index contributed by atoms with van der Waals surface area (Å²) in [5.41, 5.74) is 0. The summed E-state index contributed by atoms with van der Waals surface area (Å²) in [6.07, 6.45) is -4.24. The van der Waals surface area contributed by atoms with Crippen LogP contribution in [0.15, 0.2) is 0 Å². The number of epoxide rings is 1. The number of hydrogen-bond acceptors (Lipinski definition) is 5. The van der Waals surface area contributed by atoms with E-state index in [1.54, 1.807) is 0 Å². The summed E-state index contributed by atoms with van der Waals surface area (Å²) in [5, 5.41) is 27.2. The topological polar surface area (TPSA) is 82.5 Å². The predicted molar refractivity (Wildman–Crippen MR) is 32.6 cm³/mol. The molecule has 5 nitrogen and oxygen atoms in total. The van der Waals surface area contributed by atoms with E-state index in [-0.39, 0.29) is 6.10 Å². The second-order valence-corrected chi connectivity index (χ2v) is 2.84. The van der Waals surface area contributed by atoms with Crippen LogP contribution >= 0.6 is 0 Å². The molecule has 1 unspecified atom stereocenters.